The molecular formula is C27H19N3OS2. The minimum Gasteiger partial charge on any atom is -0.361 e. The molecule has 3 aromatic heterocycles. The maximum absolute atomic E-state index is 13.8. The second-order valence-corrected chi connectivity index (χ2v) is 10.4. The highest BCUT2D eigenvalue weighted by Gasteiger charge is 2.32. The second kappa shape index (κ2) is 7.27. The summed E-state index contributed by atoms with van der Waals surface area (Å²) >= 11 is 3.19. The Morgan fingerprint density at radius 1 is 1.03 bits per heavy atom. The highest BCUT2D eigenvalue weighted by molar-refractivity contribution is 7.10. The molecule has 0 fully saturated rings. The van der Waals surface area contributed by atoms with Gasteiger partial charge in [-0.25, -0.2) is 4.99 Å². The van der Waals surface area contributed by atoms with Crippen LogP contribution >= 0.6 is 22.7 Å². The van der Waals surface area contributed by atoms with Crippen molar-refractivity contribution >= 4 is 45.3 Å². The Kier molecular flexibility index (Phi) is 4.19. The molecule has 0 bridgehead atoms. The van der Waals surface area contributed by atoms with Crippen LogP contribution in [-0.4, -0.2) is 9.55 Å². The van der Waals surface area contributed by atoms with E-state index in [4.69, 9.17) is 4.99 Å². The van der Waals surface area contributed by atoms with Gasteiger partial charge in [0.15, 0.2) is 4.80 Å². The van der Waals surface area contributed by atoms with Crippen molar-refractivity contribution in [1.82, 2.24) is 9.55 Å². The van der Waals surface area contributed by atoms with Crippen molar-refractivity contribution in [2.24, 2.45) is 4.99 Å². The maximum Gasteiger partial charge on any atom is 0.271 e. The lowest BCUT2D eigenvalue weighted by Gasteiger charge is -2.30. The molecule has 6 heteroatoms. The largest absolute Gasteiger partial charge is 0.361 e. The Morgan fingerprint density at radius 2 is 1.91 bits per heavy atom. The van der Waals surface area contributed by atoms with Crippen molar-refractivity contribution < 1.29 is 0 Å². The number of aromatic amines is 1. The van der Waals surface area contributed by atoms with Gasteiger partial charge in [-0.2, -0.15) is 0 Å². The molecule has 0 saturated heterocycles. The number of thiazole rings is 1. The minimum absolute atomic E-state index is 0.0350. The van der Waals surface area contributed by atoms with Gasteiger partial charge in [0.2, 0.25) is 0 Å². The molecule has 5 aromatic rings. The minimum atomic E-state index is -0.0882. The number of allylic oxidation sites excluding steroid dienone is 1. The average molecular weight is 466 g/mol. The SMILES string of the molecule is O=c1c(=Cc2c[nH]c3ccccc23)sc2n1[C@H](c1cccs1)C1=C(N=2)c2ccccc2CC1. The molecule has 0 spiro atoms. The van der Waals surface area contributed by atoms with Gasteiger partial charge >= 0.3 is 0 Å². The van der Waals surface area contributed by atoms with Crippen molar-refractivity contribution in [2.45, 2.75) is 18.9 Å². The summed E-state index contributed by atoms with van der Waals surface area (Å²) in [6.07, 6.45) is 5.88. The van der Waals surface area contributed by atoms with Gasteiger partial charge in [-0.3, -0.25) is 9.36 Å². The number of hydrogen-bond donors (Lipinski definition) is 1. The summed E-state index contributed by atoms with van der Waals surface area (Å²) in [5.74, 6) is 0. The van der Waals surface area contributed by atoms with E-state index < -0.39 is 0 Å². The molecule has 0 amide bonds. The molecule has 0 radical (unpaired) electrons. The van der Waals surface area contributed by atoms with E-state index in [0.29, 0.717) is 4.53 Å². The molecule has 2 aliphatic rings. The second-order valence-electron chi connectivity index (χ2n) is 8.42. The highest BCUT2D eigenvalue weighted by Crippen LogP contribution is 2.42. The zero-order chi connectivity index (χ0) is 21.9. The lowest BCUT2D eigenvalue weighted by atomic mass is 9.85. The van der Waals surface area contributed by atoms with Gasteiger partial charge in [0.1, 0.15) is 0 Å². The van der Waals surface area contributed by atoms with Crippen LogP contribution in [0.2, 0.25) is 0 Å². The van der Waals surface area contributed by atoms with E-state index in [1.54, 1.807) is 11.3 Å². The van der Waals surface area contributed by atoms with Crippen LogP contribution in [0, 0.1) is 0 Å². The van der Waals surface area contributed by atoms with Crippen molar-refractivity contribution in [1.29, 1.82) is 0 Å². The normalized spacial score (nSPS) is 17.6. The topological polar surface area (TPSA) is 50.1 Å². The van der Waals surface area contributed by atoms with Crippen molar-refractivity contribution in [3.8, 4) is 0 Å². The van der Waals surface area contributed by atoms with Crippen LogP contribution in [-0.2, 0) is 6.42 Å². The zero-order valence-corrected chi connectivity index (χ0v) is 19.2. The van der Waals surface area contributed by atoms with Gasteiger partial charge < -0.3 is 4.98 Å². The lowest BCUT2D eigenvalue weighted by Crippen LogP contribution is -2.38. The number of hydrogen-bond acceptors (Lipinski definition) is 4. The van der Waals surface area contributed by atoms with Crippen LogP contribution in [0.1, 0.15) is 34.0 Å². The monoisotopic (exact) mass is 465 g/mol. The van der Waals surface area contributed by atoms with Crippen LogP contribution in [0.5, 0.6) is 0 Å². The quantitative estimate of drug-likeness (QED) is 0.398. The summed E-state index contributed by atoms with van der Waals surface area (Å²) in [5.41, 5.74) is 6.97. The van der Waals surface area contributed by atoms with E-state index in [1.807, 2.05) is 29.0 Å². The van der Waals surface area contributed by atoms with Crippen LogP contribution < -0.4 is 14.9 Å². The van der Waals surface area contributed by atoms with Gasteiger partial charge in [-0.05, 0) is 47.6 Å². The molecule has 1 aliphatic heterocycles. The van der Waals surface area contributed by atoms with E-state index in [2.05, 4.69) is 58.9 Å². The fourth-order valence-corrected chi connectivity index (χ4v) is 6.91. The molecule has 0 saturated carbocycles. The lowest BCUT2D eigenvalue weighted by molar-refractivity contribution is 0.593. The van der Waals surface area contributed by atoms with Crippen LogP contribution in [0.3, 0.4) is 0 Å². The van der Waals surface area contributed by atoms with Crippen molar-refractivity contribution in [3.63, 3.8) is 0 Å². The van der Waals surface area contributed by atoms with Gasteiger partial charge in [0.25, 0.3) is 5.56 Å². The Bertz CT molecular complexity index is 1750. The Labute approximate surface area is 197 Å². The third-order valence-electron chi connectivity index (χ3n) is 6.59. The summed E-state index contributed by atoms with van der Waals surface area (Å²) in [5, 5.41) is 3.21. The van der Waals surface area contributed by atoms with Crippen molar-refractivity contribution in [2.75, 3.05) is 0 Å². The number of para-hydroxylation sites is 1. The average Bonchev–Trinajstić information content (AvgIpc) is 3.59. The fraction of sp³-hybridized carbons (Fsp3) is 0.111. The molecule has 1 N–H and O–H groups in total. The fourth-order valence-electron chi connectivity index (χ4n) is 5.07. The highest BCUT2D eigenvalue weighted by atomic mass is 32.1. The molecule has 160 valence electrons. The number of nitrogens with one attached hydrogen (secondary N) is 1. The van der Waals surface area contributed by atoms with E-state index in [-0.39, 0.29) is 11.6 Å². The van der Waals surface area contributed by atoms with Crippen LogP contribution in [0.25, 0.3) is 22.7 Å². The Hall–Kier alpha value is -3.48. The standard InChI is InChI=1S/C27H19N3OS2/c31-26-23(14-17-15-28-21-9-4-3-7-18(17)21)33-27-29-24-19-8-2-1-6-16(19)11-12-20(24)25(30(26)27)22-10-5-13-32-22/h1-10,13-15,25,28H,11-12H2/t25-/m0/s1. The molecule has 7 rings (SSSR count). The summed E-state index contributed by atoms with van der Waals surface area (Å²) in [4.78, 5) is 24.1. The summed E-state index contributed by atoms with van der Waals surface area (Å²) in [7, 11) is 0. The first-order chi connectivity index (χ1) is 16.3. The number of aromatic nitrogens is 2. The number of thiophene rings is 1. The molecular weight excluding hydrogens is 446 g/mol. The van der Waals surface area contributed by atoms with Gasteiger partial charge in [-0.1, -0.05) is 59.9 Å². The van der Waals surface area contributed by atoms with E-state index >= 15 is 0 Å². The zero-order valence-electron chi connectivity index (χ0n) is 17.6. The van der Waals surface area contributed by atoms with Gasteiger partial charge in [0, 0.05) is 33.1 Å². The molecule has 33 heavy (non-hydrogen) atoms. The predicted molar refractivity (Wildman–Crippen MR) is 135 cm³/mol. The van der Waals surface area contributed by atoms with Gasteiger partial charge in [0.05, 0.1) is 16.3 Å². The number of fused-ring (bicyclic) bond motifs is 4. The molecule has 0 unspecified atom stereocenters. The summed E-state index contributed by atoms with van der Waals surface area (Å²) < 4.78 is 2.64. The van der Waals surface area contributed by atoms with Crippen LogP contribution in [0.15, 0.2) is 87.6 Å². The Morgan fingerprint density at radius 3 is 2.82 bits per heavy atom. The first-order valence-electron chi connectivity index (χ1n) is 11.0. The number of nitrogens with zero attached hydrogens (tertiary/aromatic N) is 2. The van der Waals surface area contributed by atoms with Gasteiger partial charge in [-0.15, -0.1) is 11.3 Å². The molecule has 2 aromatic carbocycles. The number of benzene rings is 2. The summed E-state index contributed by atoms with van der Waals surface area (Å²) in [6, 6.07) is 20.8. The first-order valence-corrected chi connectivity index (χ1v) is 12.7. The van der Waals surface area contributed by atoms with E-state index in [1.165, 1.54) is 32.9 Å². The van der Waals surface area contributed by atoms with Crippen LogP contribution in [0.4, 0.5) is 0 Å². The third-order valence-corrected chi connectivity index (χ3v) is 8.50. The third kappa shape index (κ3) is 2.88. The number of H-pyrrole nitrogens is 1. The molecule has 1 aliphatic carbocycles. The predicted octanol–water partition coefficient (Wildman–Crippen LogP) is 4.86. The summed E-state index contributed by atoms with van der Waals surface area (Å²) in [6.45, 7) is 0. The Balaban J connectivity index is 1.50. The molecule has 4 heterocycles. The number of aryl methyl sites for hydroxylation is 1. The maximum atomic E-state index is 13.8. The first kappa shape index (κ1) is 19.0. The van der Waals surface area contributed by atoms with E-state index in [0.717, 1.165) is 39.8 Å². The smallest absolute Gasteiger partial charge is 0.271 e. The van der Waals surface area contributed by atoms with Crippen molar-refractivity contribution in [3.05, 3.63) is 119 Å². The number of rotatable bonds is 2. The van der Waals surface area contributed by atoms with E-state index in [9.17, 15) is 4.79 Å². The molecule has 1 atom stereocenters. The molecule has 4 nitrogen and oxygen atoms in total.